The molecule has 0 aromatic heterocycles. The van der Waals surface area contributed by atoms with Gasteiger partial charge in [0.05, 0.1) is 0 Å². The molecule has 0 aromatic carbocycles. The number of carbonyl (C=O) groups excluding carboxylic acids is 1. The van der Waals surface area contributed by atoms with Gasteiger partial charge in [-0.2, -0.15) is 13.2 Å². The molecular formula is C11H20F3N3O. The molecule has 0 aromatic rings. The largest absolute Gasteiger partial charge is 0.405 e. The Kier molecular flexibility index (Phi) is 5.71. The molecule has 0 spiro atoms. The minimum Gasteiger partial charge on any atom is -0.329 e. The van der Waals surface area contributed by atoms with Crippen molar-refractivity contribution >= 4 is 6.03 Å². The van der Waals surface area contributed by atoms with Crippen molar-refractivity contribution in [1.82, 2.24) is 10.2 Å². The summed E-state index contributed by atoms with van der Waals surface area (Å²) in [6, 6.07) is -0.639. The summed E-state index contributed by atoms with van der Waals surface area (Å²) in [4.78, 5) is 13.2. The molecule has 1 aliphatic rings. The first kappa shape index (κ1) is 15.1. The van der Waals surface area contributed by atoms with Crippen molar-refractivity contribution in [2.45, 2.75) is 44.3 Å². The third-order valence-corrected chi connectivity index (χ3v) is 3.09. The summed E-state index contributed by atoms with van der Waals surface area (Å²) in [5.74, 6) is 0. The Morgan fingerprint density at radius 3 is 2.39 bits per heavy atom. The van der Waals surface area contributed by atoms with E-state index in [9.17, 15) is 18.0 Å². The Bertz CT molecular complexity index is 265. The molecule has 1 fully saturated rings. The van der Waals surface area contributed by atoms with Gasteiger partial charge in [0.1, 0.15) is 6.54 Å². The molecule has 0 bridgehead atoms. The van der Waals surface area contributed by atoms with E-state index in [0.29, 0.717) is 6.54 Å². The average molecular weight is 267 g/mol. The van der Waals surface area contributed by atoms with Crippen LogP contribution in [-0.4, -0.2) is 42.8 Å². The second kappa shape index (κ2) is 6.82. The lowest BCUT2D eigenvalue weighted by molar-refractivity contribution is -0.123. The number of nitrogens with one attached hydrogen (secondary N) is 1. The average Bonchev–Trinajstić information content (AvgIpc) is 2.33. The van der Waals surface area contributed by atoms with Crippen molar-refractivity contribution in [2.24, 2.45) is 5.73 Å². The SMILES string of the molecule is NCCN(C(=O)NCC(F)(F)F)C1CCCCC1. The molecule has 0 heterocycles. The molecule has 2 amide bonds. The number of nitrogens with zero attached hydrogens (tertiary/aromatic N) is 1. The predicted octanol–water partition coefficient (Wildman–Crippen LogP) is 1.85. The Hall–Kier alpha value is -0.980. The summed E-state index contributed by atoms with van der Waals surface area (Å²) in [6.45, 7) is -0.732. The lowest BCUT2D eigenvalue weighted by Crippen LogP contribution is -2.50. The zero-order valence-electron chi connectivity index (χ0n) is 10.3. The van der Waals surface area contributed by atoms with Crippen LogP contribution < -0.4 is 11.1 Å². The van der Waals surface area contributed by atoms with Crippen molar-refractivity contribution in [3.05, 3.63) is 0 Å². The highest BCUT2D eigenvalue weighted by atomic mass is 19.4. The van der Waals surface area contributed by atoms with Crippen LogP contribution in [0.3, 0.4) is 0 Å². The number of nitrogens with two attached hydrogens (primary N) is 1. The second-order valence-corrected chi connectivity index (χ2v) is 4.55. The van der Waals surface area contributed by atoms with E-state index in [1.807, 2.05) is 5.32 Å². The molecule has 0 aliphatic heterocycles. The van der Waals surface area contributed by atoms with Gasteiger partial charge < -0.3 is 16.0 Å². The van der Waals surface area contributed by atoms with Crippen LogP contribution in [0.15, 0.2) is 0 Å². The molecule has 1 saturated carbocycles. The standard InChI is InChI=1S/C11H20F3N3O/c12-11(13,14)8-16-10(18)17(7-6-15)9-4-2-1-3-5-9/h9H,1-8,15H2,(H,16,18). The van der Waals surface area contributed by atoms with Gasteiger partial charge in [-0.15, -0.1) is 0 Å². The molecule has 106 valence electrons. The van der Waals surface area contributed by atoms with E-state index in [-0.39, 0.29) is 12.6 Å². The van der Waals surface area contributed by atoms with E-state index in [0.717, 1.165) is 32.1 Å². The highest BCUT2D eigenvalue weighted by Gasteiger charge is 2.30. The van der Waals surface area contributed by atoms with Crippen LogP contribution in [0, 0.1) is 0 Å². The number of hydrogen-bond acceptors (Lipinski definition) is 2. The number of carbonyl (C=O) groups is 1. The Morgan fingerprint density at radius 2 is 1.89 bits per heavy atom. The van der Waals surface area contributed by atoms with Crippen LogP contribution >= 0.6 is 0 Å². The Balaban J connectivity index is 2.51. The third-order valence-electron chi connectivity index (χ3n) is 3.09. The molecule has 0 radical (unpaired) electrons. The lowest BCUT2D eigenvalue weighted by atomic mass is 9.94. The zero-order valence-corrected chi connectivity index (χ0v) is 10.3. The quantitative estimate of drug-likeness (QED) is 0.816. The summed E-state index contributed by atoms with van der Waals surface area (Å²) in [5.41, 5.74) is 5.41. The summed E-state index contributed by atoms with van der Waals surface area (Å²) in [7, 11) is 0. The van der Waals surface area contributed by atoms with Crippen molar-refractivity contribution in [2.75, 3.05) is 19.6 Å². The molecule has 7 heteroatoms. The summed E-state index contributed by atoms with van der Waals surface area (Å²) >= 11 is 0. The number of halogens is 3. The minimum absolute atomic E-state index is 0.0236. The van der Waals surface area contributed by atoms with E-state index in [1.54, 1.807) is 0 Å². The monoisotopic (exact) mass is 267 g/mol. The topological polar surface area (TPSA) is 58.4 Å². The first-order chi connectivity index (χ1) is 8.44. The fraction of sp³-hybridized carbons (Fsp3) is 0.909. The van der Waals surface area contributed by atoms with Crippen LogP contribution in [0.2, 0.25) is 0 Å². The molecule has 0 unspecified atom stereocenters. The summed E-state index contributed by atoms with van der Waals surface area (Å²) in [6.07, 6.45) is 0.462. The van der Waals surface area contributed by atoms with E-state index < -0.39 is 18.8 Å². The van der Waals surface area contributed by atoms with Crippen LogP contribution in [0.5, 0.6) is 0 Å². The number of amides is 2. The second-order valence-electron chi connectivity index (χ2n) is 4.55. The smallest absolute Gasteiger partial charge is 0.329 e. The normalized spacial score (nSPS) is 17.6. The fourth-order valence-corrected chi connectivity index (χ4v) is 2.26. The van der Waals surface area contributed by atoms with Crippen LogP contribution in [0.4, 0.5) is 18.0 Å². The highest BCUT2D eigenvalue weighted by Crippen LogP contribution is 2.22. The van der Waals surface area contributed by atoms with Crippen LogP contribution in [0.1, 0.15) is 32.1 Å². The van der Waals surface area contributed by atoms with Gasteiger partial charge in [-0.3, -0.25) is 0 Å². The van der Waals surface area contributed by atoms with E-state index >= 15 is 0 Å². The minimum atomic E-state index is -4.38. The van der Waals surface area contributed by atoms with Crippen molar-refractivity contribution < 1.29 is 18.0 Å². The maximum atomic E-state index is 12.0. The van der Waals surface area contributed by atoms with Gasteiger partial charge in [-0.25, -0.2) is 4.79 Å². The maximum absolute atomic E-state index is 12.0. The van der Waals surface area contributed by atoms with Gasteiger partial charge >= 0.3 is 12.2 Å². The van der Waals surface area contributed by atoms with Gasteiger partial charge in [-0.05, 0) is 12.8 Å². The van der Waals surface area contributed by atoms with Gasteiger partial charge in [0.15, 0.2) is 0 Å². The predicted molar refractivity (Wildman–Crippen MR) is 62.1 cm³/mol. The zero-order chi connectivity index (χ0) is 13.6. The number of alkyl halides is 3. The molecule has 0 atom stereocenters. The van der Waals surface area contributed by atoms with Crippen LogP contribution in [-0.2, 0) is 0 Å². The number of rotatable bonds is 4. The van der Waals surface area contributed by atoms with Crippen molar-refractivity contribution in [3.63, 3.8) is 0 Å². The fourth-order valence-electron chi connectivity index (χ4n) is 2.26. The van der Waals surface area contributed by atoms with Crippen molar-refractivity contribution in [1.29, 1.82) is 0 Å². The third kappa shape index (κ3) is 5.12. The summed E-state index contributed by atoms with van der Waals surface area (Å²) in [5, 5.41) is 1.91. The van der Waals surface area contributed by atoms with Crippen LogP contribution in [0.25, 0.3) is 0 Å². The Morgan fingerprint density at radius 1 is 1.28 bits per heavy atom. The molecule has 0 saturated heterocycles. The molecule has 4 nitrogen and oxygen atoms in total. The van der Waals surface area contributed by atoms with Gasteiger partial charge in [0.2, 0.25) is 0 Å². The lowest BCUT2D eigenvalue weighted by Gasteiger charge is -2.34. The first-order valence-electron chi connectivity index (χ1n) is 6.25. The van der Waals surface area contributed by atoms with Crippen molar-refractivity contribution in [3.8, 4) is 0 Å². The maximum Gasteiger partial charge on any atom is 0.405 e. The summed E-state index contributed by atoms with van der Waals surface area (Å²) < 4.78 is 36.1. The Labute approximate surface area is 105 Å². The highest BCUT2D eigenvalue weighted by molar-refractivity contribution is 5.74. The molecule has 1 aliphatic carbocycles. The molecule has 18 heavy (non-hydrogen) atoms. The van der Waals surface area contributed by atoms with Gasteiger partial charge in [0, 0.05) is 19.1 Å². The number of urea groups is 1. The van der Waals surface area contributed by atoms with E-state index in [1.165, 1.54) is 4.90 Å². The van der Waals surface area contributed by atoms with E-state index in [2.05, 4.69) is 0 Å². The van der Waals surface area contributed by atoms with Gasteiger partial charge in [-0.1, -0.05) is 19.3 Å². The van der Waals surface area contributed by atoms with Gasteiger partial charge in [0.25, 0.3) is 0 Å². The number of hydrogen-bond donors (Lipinski definition) is 2. The molecule has 1 rings (SSSR count). The van der Waals surface area contributed by atoms with E-state index in [4.69, 9.17) is 5.73 Å². The first-order valence-corrected chi connectivity index (χ1v) is 6.25. The molecular weight excluding hydrogens is 247 g/mol. The molecule has 3 N–H and O–H groups in total.